The summed E-state index contributed by atoms with van der Waals surface area (Å²) in [6, 6.07) is 11.2. The van der Waals surface area contributed by atoms with Gasteiger partial charge in [0.05, 0.1) is 6.04 Å². The monoisotopic (exact) mass is 269 g/mol. The normalized spacial score (nSPS) is 11.9. The summed E-state index contributed by atoms with van der Waals surface area (Å²) in [6.07, 6.45) is 1.64. The molecule has 0 saturated heterocycles. The molecule has 0 radical (unpaired) electrons. The van der Waals surface area contributed by atoms with Gasteiger partial charge < -0.3 is 10.6 Å². The zero-order valence-electron chi connectivity index (χ0n) is 12.0. The van der Waals surface area contributed by atoms with Gasteiger partial charge in [-0.15, -0.1) is 0 Å². The van der Waals surface area contributed by atoms with Gasteiger partial charge in [-0.2, -0.15) is 0 Å². The van der Waals surface area contributed by atoms with E-state index in [9.17, 15) is 4.79 Å². The molecule has 20 heavy (non-hydrogen) atoms. The van der Waals surface area contributed by atoms with Crippen molar-refractivity contribution in [3.63, 3.8) is 0 Å². The lowest BCUT2D eigenvalue weighted by Crippen LogP contribution is -2.30. The van der Waals surface area contributed by atoms with Crippen molar-refractivity contribution in [1.82, 2.24) is 9.88 Å². The van der Waals surface area contributed by atoms with Gasteiger partial charge in [0.2, 0.25) is 0 Å². The van der Waals surface area contributed by atoms with Gasteiger partial charge >= 0.3 is 0 Å². The zero-order valence-corrected chi connectivity index (χ0v) is 12.0. The number of hydrogen-bond acceptors (Lipinski definition) is 3. The molecule has 0 aliphatic carbocycles. The second-order valence-corrected chi connectivity index (χ2v) is 4.93. The summed E-state index contributed by atoms with van der Waals surface area (Å²) in [6.45, 7) is 3.87. The Morgan fingerprint density at radius 1 is 1.30 bits per heavy atom. The Balaban J connectivity index is 2.25. The summed E-state index contributed by atoms with van der Waals surface area (Å²) >= 11 is 0. The van der Waals surface area contributed by atoms with Crippen LogP contribution in [0.3, 0.4) is 0 Å². The minimum Gasteiger partial charge on any atom is -0.399 e. The standard InChI is InChI=1S/C16H19N3O/c1-11-6-5-9-18-15(11)16(20)19(3)12(2)13-7-4-8-14(17)10-13/h4-10,12H,17H2,1-3H3. The van der Waals surface area contributed by atoms with E-state index in [-0.39, 0.29) is 11.9 Å². The summed E-state index contributed by atoms with van der Waals surface area (Å²) in [4.78, 5) is 18.4. The maximum Gasteiger partial charge on any atom is 0.272 e. The van der Waals surface area contributed by atoms with Crippen LogP contribution in [0.2, 0.25) is 0 Å². The number of carbonyl (C=O) groups excluding carboxylic acids is 1. The number of nitrogen functional groups attached to an aromatic ring is 1. The summed E-state index contributed by atoms with van der Waals surface area (Å²) < 4.78 is 0. The molecular weight excluding hydrogens is 250 g/mol. The molecule has 4 nitrogen and oxygen atoms in total. The van der Waals surface area contributed by atoms with Crippen LogP contribution < -0.4 is 5.73 Å². The van der Waals surface area contributed by atoms with E-state index in [2.05, 4.69) is 4.98 Å². The first-order chi connectivity index (χ1) is 9.50. The van der Waals surface area contributed by atoms with Crippen molar-refractivity contribution in [3.8, 4) is 0 Å². The second-order valence-electron chi connectivity index (χ2n) is 4.93. The lowest BCUT2D eigenvalue weighted by molar-refractivity contribution is 0.0736. The maximum absolute atomic E-state index is 12.5. The predicted octanol–water partition coefficient (Wildman–Crippen LogP) is 2.81. The molecule has 1 amide bonds. The Hall–Kier alpha value is -2.36. The third-order valence-electron chi connectivity index (χ3n) is 3.51. The van der Waals surface area contributed by atoms with Crippen molar-refractivity contribution in [2.24, 2.45) is 0 Å². The molecule has 2 rings (SSSR count). The van der Waals surface area contributed by atoms with Crippen LogP contribution in [0.25, 0.3) is 0 Å². The van der Waals surface area contributed by atoms with Gasteiger partial charge in [0.15, 0.2) is 0 Å². The molecule has 1 heterocycles. The van der Waals surface area contributed by atoms with E-state index in [1.807, 2.05) is 50.2 Å². The molecule has 4 heteroatoms. The highest BCUT2D eigenvalue weighted by molar-refractivity contribution is 5.93. The van der Waals surface area contributed by atoms with Crippen molar-refractivity contribution in [1.29, 1.82) is 0 Å². The number of amides is 1. The topological polar surface area (TPSA) is 59.2 Å². The number of carbonyl (C=O) groups is 1. The largest absolute Gasteiger partial charge is 0.399 e. The minimum absolute atomic E-state index is 0.0626. The van der Waals surface area contributed by atoms with Crippen LogP contribution in [-0.2, 0) is 0 Å². The SMILES string of the molecule is Cc1cccnc1C(=O)N(C)C(C)c1cccc(N)c1. The van der Waals surface area contributed by atoms with Crippen molar-refractivity contribution < 1.29 is 4.79 Å². The zero-order chi connectivity index (χ0) is 14.7. The number of rotatable bonds is 3. The lowest BCUT2D eigenvalue weighted by Gasteiger charge is -2.25. The molecule has 0 spiro atoms. The van der Waals surface area contributed by atoms with Gasteiger partial charge in [-0.25, -0.2) is 0 Å². The minimum atomic E-state index is -0.0852. The highest BCUT2D eigenvalue weighted by Gasteiger charge is 2.21. The molecule has 2 N–H and O–H groups in total. The number of aromatic nitrogens is 1. The van der Waals surface area contributed by atoms with E-state index < -0.39 is 0 Å². The van der Waals surface area contributed by atoms with E-state index in [4.69, 9.17) is 5.73 Å². The fourth-order valence-corrected chi connectivity index (χ4v) is 2.09. The Morgan fingerprint density at radius 2 is 2.05 bits per heavy atom. The van der Waals surface area contributed by atoms with Gasteiger partial charge in [-0.1, -0.05) is 18.2 Å². The van der Waals surface area contributed by atoms with Crippen LogP contribution in [-0.4, -0.2) is 22.8 Å². The van der Waals surface area contributed by atoms with Crippen molar-refractivity contribution in [2.75, 3.05) is 12.8 Å². The average molecular weight is 269 g/mol. The molecule has 0 bridgehead atoms. The number of hydrogen-bond donors (Lipinski definition) is 1. The van der Waals surface area contributed by atoms with Crippen molar-refractivity contribution in [2.45, 2.75) is 19.9 Å². The molecule has 0 fully saturated rings. The van der Waals surface area contributed by atoms with Gasteiger partial charge in [-0.3, -0.25) is 9.78 Å². The average Bonchev–Trinajstić information content (AvgIpc) is 2.45. The Labute approximate surface area is 119 Å². The molecule has 1 aromatic heterocycles. The third-order valence-corrected chi connectivity index (χ3v) is 3.51. The van der Waals surface area contributed by atoms with Crippen LogP contribution >= 0.6 is 0 Å². The Bertz CT molecular complexity index is 625. The molecule has 0 aliphatic heterocycles. The Kier molecular flexibility index (Phi) is 4.03. The highest BCUT2D eigenvalue weighted by Crippen LogP contribution is 2.22. The maximum atomic E-state index is 12.5. The highest BCUT2D eigenvalue weighted by atomic mass is 16.2. The summed E-state index contributed by atoms with van der Waals surface area (Å²) in [5.41, 5.74) is 8.87. The van der Waals surface area contributed by atoms with E-state index in [1.54, 1.807) is 18.1 Å². The number of aryl methyl sites for hydroxylation is 1. The fourth-order valence-electron chi connectivity index (χ4n) is 2.09. The van der Waals surface area contributed by atoms with Gasteiger partial charge in [0, 0.05) is 18.9 Å². The first-order valence-corrected chi connectivity index (χ1v) is 6.55. The van der Waals surface area contributed by atoms with Crippen LogP contribution in [0.15, 0.2) is 42.6 Å². The van der Waals surface area contributed by atoms with Crippen LogP contribution in [0.4, 0.5) is 5.69 Å². The number of nitrogens with zero attached hydrogens (tertiary/aromatic N) is 2. The summed E-state index contributed by atoms with van der Waals surface area (Å²) in [7, 11) is 1.78. The van der Waals surface area contributed by atoms with E-state index in [0.29, 0.717) is 11.4 Å². The molecule has 1 unspecified atom stereocenters. The van der Waals surface area contributed by atoms with Gasteiger partial charge in [0.25, 0.3) is 5.91 Å². The molecule has 2 aromatic rings. The molecule has 1 atom stereocenters. The van der Waals surface area contributed by atoms with Crippen LogP contribution in [0, 0.1) is 6.92 Å². The molecular formula is C16H19N3O. The van der Waals surface area contributed by atoms with Crippen LogP contribution in [0.1, 0.15) is 34.6 Å². The molecule has 104 valence electrons. The predicted molar refractivity (Wildman–Crippen MR) is 80.3 cm³/mol. The smallest absolute Gasteiger partial charge is 0.272 e. The second kappa shape index (κ2) is 5.74. The Morgan fingerprint density at radius 3 is 2.70 bits per heavy atom. The van der Waals surface area contributed by atoms with Crippen molar-refractivity contribution in [3.05, 3.63) is 59.4 Å². The van der Waals surface area contributed by atoms with Crippen molar-refractivity contribution >= 4 is 11.6 Å². The summed E-state index contributed by atoms with van der Waals surface area (Å²) in [5, 5.41) is 0. The number of pyridine rings is 1. The van der Waals surface area contributed by atoms with E-state index in [1.165, 1.54) is 0 Å². The third kappa shape index (κ3) is 2.79. The lowest BCUT2D eigenvalue weighted by atomic mass is 10.1. The molecule has 0 aliphatic rings. The van der Waals surface area contributed by atoms with Crippen LogP contribution in [0.5, 0.6) is 0 Å². The van der Waals surface area contributed by atoms with Gasteiger partial charge in [-0.05, 0) is 43.2 Å². The van der Waals surface area contributed by atoms with Gasteiger partial charge in [0.1, 0.15) is 5.69 Å². The first kappa shape index (κ1) is 14.1. The number of anilines is 1. The number of nitrogens with two attached hydrogens (primary N) is 1. The quantitative estimate of drug-likeness (QED) is 0.872. The summed E-state index contributed by atoms with van der Waals surface area (Å²) in [5.74, 6) is -0.0852. The molecule has 0 saturated carbocycles. The molecule has 1 aromatic carbocycles. The number of benzene rings is 1. The first-order valence-electron chi connectivity index (χ1n) is 6.55. The van der Waals surface area contributed by atoms with E-state index >= 15 is 0 Å². The fraction of sp³-hybridized carbons (Fsp3) is 0.250. The van der Waals surface area contributed by atoms with E-state index in [0.717, 1.165) is 11.1 Å².